The van der Waals surface area contributed by atoms with Crippen LogP contribution in [-0.4, -0.2) is 41.3 Å². The van der Waals surface area contributed by atoms with Crippen molar-refractivity contribution in [2.45, 2.75) is 19.6 Å². The molecule has 9 nitrogen and oxygen atoms in total. The largest absolute Gasteiger partial charge is 0.473 e. The first-order chi connectivity index (χ1) is 21.3. The smallest absolute Gasteiger partial charge is 0.337 e. The lowest BCUT2D eigenvalue weighted by Gasteiger charge is -2.12. The Bertz CT molecular complexity index is 1960. The zero-order valence-electron chi connectivity index (χ0n) is 23.8. The number of halogens is 2. The van der Waals surface area contributed by atoms with Crippen molar-refractivity contribution in [3.8, 4) is 29.3 Å². The monoisotopic (exact) mass is 593 g/mol. The summed E-state index contributed by atoms with van der Waals surface area (Å²) in [7, 11) is 2.88. The molecule has 0 aliphatic carbocycles. The molecule has 0 aliphatic heterocycles. The highest BCUT2D eigenvalue weighted by Gasteiger charge is 2.18. The molecular weight excluding hydrogens is 568 g/mol. The van der Waals surface area contributed by atoms with Gasteiger partial charge in [0.2, 0.25) is 5.88 Å². The summed E-state index contributed by atoms with van der Waals surface area (Å²) in [6.45, 7) is 0.650. The Kier molecular flexibility index (Phi) is 8.89. The number of imidazole rings is 1. The highest BCUT2D eigenvalue weighted by molar-refractivity contribution is 5.93. The van der Waals surface area contributed by atoms with E-state index in [-0.39, 0.29) is 41.3 Å². The van der Waals surface area contributed by atoms with Crippen LogP contribution in [0.25, 0.3) is 22.3 Å². The second-order valence-corrected chi connectivity index (χ2v) is 9.71. The van der Waals surface area contributed by atoms with Gasteiger partial charge in [0.1, 0.15) is 30.1 Å². The van der Waals surface area contributed by atoms with E-state index >= 15 is 4.39 Å². The third-order valence-electron chi connectivity index (χ3n) is 6.99. The summed E-state index contributed by atoms with van der Waals surface area (Å²) in [6.07, 6.45) is 0.149. The number of methoxy groups -OCH3 is 2. The molecule has 0 N–H and O–H groups in total. The van der Waals surface area contributed by atoms with Gasteiger partial charge < -0.3 is 18.8 Å². The fourth-order valence-electron chi connectivity index (χ4n) is 4.71. The molecule has 2 heterocycles. The Morgan fingerprint density at radius 2 is 1.70 bits per heavy atom. The number of hydrogen-bond acceptors (Lipinski definition) is 8. The number of nitrogens with zero attached hydrogens (tertiary/aromatic N) is 5. The normalized spacial score (nSPS) is 10.8. The van der Waals surface area contributed by atoms with Crippen LogP contribution in [0.1, 0.15) is 38.4 Å². The van der Waals surface area contributed by atoms with Crippen LogP contribution in [0.3, 0.4) is 0 Å². The highest BCUT2D eigenvalue weighted by Crippen LogP contribution is 2.28. The predicted molar refractivity (Wildman–Crippen MR) is 156 cm³/mol. The molecule has 0 aliphatic rings. The summed E-state index contributed by atoms with van der Waals surface area (Å²) >= 11 is 0. The number of aromatic nitrogens is 3. The average molecular weight is 594 g/mol. The maximum Gasteiger partial charge on any atom is 0.337 e. The molecule has 0 saturated carbocycles. The van der Waals surface area contributed by atoms with Gasteiger partial charge in [-0.15, -0.1) is 0 Å². The van der Waals surface area contributed by atoms with E-state index in [0.29, 0.717) is 46.7 Å². The van der Waals surface area contributed by atoms with Crippen LogP contribution in [0.2, 0.25) is 0 Å². The second-order valence-electron chi connectivity index (χ2n) is 9.71. The van der Waals surface area contributed by atoms with Crippen molar-refractivity contribution in [1.29, 1.82) is 10.5 Å². The molecule has 0 bridgehead atoms. The Hall–Kier alpha value is -5.65. The Labute approximate surface area is 251 Å². The summed E-state index contributed by atoms with van der Waals surface area (Å²) in [5.74, 6) is -0.900. The number of carbonyl (C=O) groups excluding carboxylic acids is 1. The summed E-state index contributed by atoms with van der Waals surface area (Å²) in [4.78, 5) is 21.2. The maximum atomic E-state index is 15.6. The number of esters is 1. The topological polar surface area (TPSA) is 123 Å². The number of pyridine rings is 1. The fraction of sp³-hybridized carbons (Fsp3) is 0.182. The van der Waals surface area contributed by atoms with Crippen molar-refractivity contribution in [3.05, 3.63) is 112 Å². The average Bonchev–Trinajstić information content (AvgIpc) is 3.39. The molecule has 220 valence electrons. The van der Waals surface area contributed by atoms with Gasteiger partial charge in [-0.2, -0.15) is 10.5 Å². The number of hydrogen-bond donors (Lipinski definition) is 0. The summed E-state index contributed by atoms with van der Waals surface area (Å²) in [6, 6.07) is 20.5. The highest BCUT2D eigenvalue weighted by atomic mass is 19.1. The molecule has 5 aromatic rings. The number of rotatable bonds is 10. The van der Waals surface area contributed by atoms with E-state index < -0.39 is 17.6 Å². The van der Waals surface area contributed by atoms with Crippen molar-refractivity contribution in [1.82, 2.24) is 14.5 Å². The molecule has 5 rings (SSSR count). The molecular formula is C33H25F2N5O4. The first-order valence-corrected chi connectivity index (χ1v) is 13.4. The van der Waals surface area contributed by atoms with Gasteiger partial charge in [-0.05, 0) is 48.0 Å². The summed E-state index contributed by atoms with van der Waals surface area (Å²) < 4.78 is 47.5. The van der Waals surface area contributed by atoms with Gasteiger partial charge in [0.25, 0.3) is 0 Å². The number of carbonyl (C=O) groups is 1. The number of benzene rings is 3. The standard InChI is InChI=1S/C33H25F2N5O4/c1-42-12-11-40-29-15-23(33(41)43-2)7-9-28(29)38-30(40)16-21-5-6-22(14-27(21)35)32-24(18-37)8-10-31(39-32)44-19-25-4-3-20(17-36)13-26(25)34/h3-10,13-15H,11-12,16,19H2,1-2H3. The van der Waals surface area contributed by atoms with E-state index in [1.807, 2.05) is 10.6 Å². The summed E-state index contributed by atoms with van der Waals surface area (Å²) in [5.41, 5.74) is 3.25. The van der Waals surface area contributed by atoms with Gasteiger partial charge in [0, 0.05) is 37.3 Å². The molecule has 44 heavy (non-hydrogen) atoms. The van der Waals surface area contributed by atoms with Crippen molar-refractivity contribution in [3.63, 3.8) is 0 Å². The number of fused-ring (bicyclic) bond motifs is 1. The van der Waals surface area contributed by atoms with E-state index in [1.54, 1.807) is 37.4 Å². The molecule has 0 amide bonds. The second kappa shape index (κ2) is 13.1. The Morgan fingerprint density at radius 3 is 2.41 bits per heavy atom. The van der Waals surface area contributed by atoms with Gasteiger partial charge in [0.05, 0.1) is 53.2 Å². The lowest BCUT2D eigenvalue weighted by Crippen LogP contribution is -2.10. The Balaban J connectivity index is 1.42. The van der Waals surface area contributed by atoms with Crippen molar-refractivity contribution in [2.75, 3.05) is 20.8 Å². The SMILES string of the molecule is COCCn1c(Cc2ccc(-c3nc(OCc4ccc(C#N)cc4F)ccc3C#N)cc2F)nc2ccc(C(=O)OC)cc21. The first kappa shape index (κ1) is 29.8. The van der Waals surface area contributed by atoms with Gasteiger partial charge in [-0.25, -0.2) is 23.5 Å². The van der Waals surface area contributed by atoms with Gasteiger partial charge in [-0.3, -0.25) is 0 Å². The number of nitriles is 2. The van der Waals surface area contributed by atoms with Crippen molar-refractivity contribution < 1.29 is 27.8 Å². The van der Waals surface area contributed by atoms with Crippen molar-refractivity contribution in [2.24, 2.45) is 0 Å². The van der Waals surface area contributed by atoms with Crippen LogP contribution in [0.5, 0.6) is 5.88 Å². The molecule has 3 aromatic carbocycles. The molecule has 0 unspecified atom stereocenters. The van der Waals surface area contributed by atoms with E-state index in [0.717, 1.165) is 6.07 Å². The minimum Gasteiger partial charge on any atom is -0.473 e. The number of ether oxygens (including phenoxy) is 3. The van der Waals surface area contributed by atoms with Crippen LogP contribution in [0, 0.1) is 34.3 Å². The lowest BCUT2D eigenvalue weighted by atomic mass is 10.0. The third kappa shape index (κ3) is 6.24. The van der Waals surface area contributed by atoms with Gasteiger partial charge >= 0.3 is 5.97 Å². The summed E-state index contributed by atoms with van der Waals surface area (Å²) in [5, 5.41) is 18.6. The van der Waals surface area contributed by atoms with Crippen LogP contribution in [0.15, 0.2) is 66.7 Å². The Morgan fingerprint density at radius 1 is 0.909 bits per heavy atom. The molecule has 0 atom stereocenters. The van der Waals surface area contributed by atoms with Crippen LogP contribution >= 0.6 is 0 Å². The zero-order valence-corrected chi connectivity index (χ0v) is 23.8. The quantitative estimate of drug-likeness (QED) is 0.188. The zero-order chi connectivity index (χ0) is 31.2. The third-order valence-corrected chi connectivity index (χ3v) is 6.99. The van der Waals surface area contributed by atoms with E-state index in [9.17, 15) is 14.4 Å². The van der Waals surface area contributed by atoms with Gasteiger partial charge in [0.15, 0.2) is 0 Å². The minimum atomic E-state index is -0.588. The van der Waals surface area contributed by atoms with E-state index in [1.165, 1.54) is 37.4 Å². The predicted octanol–water partition coefficient (Wildman–Crippen LogP) is 5.72. The molecule has 0 spiro atoms. The molecule has 11 heteroatoms. The van der Waals surface area contributed by atoms with Crippen LogP contribution in [0.4, 0.5) is 8.78 Å². The van der Waals surface area contributed by atoms with Crippen LogP contribution < -0.4 is 4.74 Å². The lowest BCUT2D eigenvalue weighted by molar-refractivity contribution is 0.0601. The first-order valence-electron chi connectivity index (χ1n) is 13.4. The fourth-order valence-corrected chi connectivity index (χ4v) is 4.71. The van der Waals surface area contributed by atoms with Crippen LogP contribution in [-0.2, 0) is 29.0 Å². The van der Waals surface area contributed by atoms with Crippen molar-refractivity contribution >= 4 is 17.0 Å². The van der Waals surface area contributed by atoms with E-state index in [2.05, 4.69) is 16.0 Å². The molecule has 0 saturated heterocycles. The molecule has 0 fully saturated rings. The molecule has 2 aromatic heterocycles. The van der Waals surface area contributed by atoms with Gasteiger partial charge in [-0.1, -0.05) is 18.2 Å². The maximum absolute atomic E-state index is 15.6. The van der Waals surface area contributed by atoms with E-state index in [4.69, 9.17) is 19.5 Å². The molecule has 0 radical (unpaired) electrons. The minimum absolute atomic E-state index is 0.116.